The van der Waals surface area contributed by atoms with E-state index < -0.39 is 0 Å². The van der Waals surface area contributed by atoms with Gasteiger partial charge in [-0.3, -0.25) is 4.98 Å². The summed E-state index contributed by atoms with van der Waals surface area (Å²) in [7, 11) is 0. The third-order valence-electron chi connectivity index (χ3n) is 2.73. The molecule has 2 aromatic heterocycles. The molecule has 0 bridgehead atoms. The van der Waals surface area contributed by atoms with E-state index >= 15 is 0 Å². The van der Waals surface area contributed by atoms with Crippen molar-refractivity contribution in [3.63, 3.8) is 0 Å². The summed E-state index contributed by atoms with van der Waals surface area (Å²) in [6, 6.07) is 6.84. The molecule has 0 atom stereocenters. The van der Waals surface area contributed by atoms with E-state index in [4.69, 9.17) is 0 Å². The van der Waals surface area contributed by atoms with E-state index in [9.17, 15) is 0 Å². The van der Waals surface area contributed by atoms with Crippen molar-refractivity contribution in [1.82, 2.24) is 14.9 Å². The molecule has 3 nitrogen and oxygen atoms in total. The average molecular weight is 308 g/mol. The van der Waals surface area contributed by atoms with Crippen LogP contribution in [0.1, 0.15) is 25.1 Å². The van der Waals surface area contributed by atoms with Gasteiger partial charge in [-0.2, -0.15) is 0 Å². The van der Waals surface area contributed by atoms with Crippen molar-refractivity contribution in [3.05, 3.63) is 52.5 Å². The summed E-state index contributed by atoms with van der Waals surface area (Å²) >= 11 is 3.45. The number of hydrogen-bond acceptors (Lipinski definition) is 2. The van der Waals surface area contributed by atoms with Crippen molar-refractivity contribution in [1.29, 1.82) is 0 Å². The molecule has 0 saturated carbocycles. The van der Waals surface area contributed by atoms with Crippen molar-refractivity contribution in [2.24, 2.45) is 0 Å². The third-order valence-corrected chi connectivity index (χ3v) is 3.16. The molecular weight excluding hydrogens is 290 g/mol. The van der Waals surface area contributed by atoms with Crippen LogP contribution in [0.3, 0.4) is 0 Å². The molecule has 0 fully saturated rings. The Labute approximate surface area is 116 Å². The van der Waals surface area contributed by atoms with Gasteiger partial charge in [0.1, 0.15) is 0 Å². The van der Waals surface area contributed by atoms with Crippen LogP contribution in [0.15, 0.2) is 41.3 Å². The van der Waals surface area contributed by atoms with Crippen molar-refractivity contribution in [2.45, 2.75) is 33.0 Å². The van der Waals surface area contributed by atoms with Gasteiger partial charge in [-0.15, -0.1) is 0 Å². The Bertz CT molecular complexity index is 505. The minimum atomic E-state index is 0.501. The molecule has 0 amide bonds. The first-order valence-corrected chi connectivity index (χ1v) is 6.91. The smallest absolute Gasteiger partial charge is 0.0489 e. The van der Waals surface area contributed by atoms with Crippen LogP contribution < -0.4 is 5.32 Å². The Morgan fingerprint density at radius 2 is 2.22 bits per heavy atom. The summed E-state index contributed by atoms with van der Waals surface area (Å²) in [5, 5.41) is 3.44. The van der Waals surface area contributed by atoms with E-state index in [1.165, 1.54) is 11.3 Å². The summed E-state index contributed by atoms with van der Waals surface area (Å²) in [6.45, 7) is 6.07. The molecule has 96 valence electrons. The number of pyridine rings is 1. The molecule has 18 heavy (non-hydrogen) atoms. The molecule has 0 aliphatic carbocycles. The van der Waals surface area contributed by atoms with Crippen LogP contribution in [0.4, 0.5) is 0 Å². The van der Waals surface area contributed by atoms with E-state index in [-0.39, 0.29) is 0 Å². The van der Waals surface area contributed by atoms with Gasteiger partial charge < -0.3 is 9.88 Å². The number of hydrogen-bond donors (Lipinski definition) is 1. The topological polar surface area (TPSA) is 29.9 Å². The highest BCUT2D eigenvalue weighted by atomic mass is 79.9. The fourth-order valence-electron chi connectivity index (χ4n) is 1.81. The maximum atomic E-state index is 4.19. The van der Waals surface area contributed by atoms with Gasteiger partial charge in [0, 0.05) is 47.9 Å². The van der Waals surface area contributed by atoms with E-state index in [0.717, 1.165) is 17.6 Å². The highest BCUT2D eigenvalue weighted by Gasteiger charge is 2.03. The summed E-state index contributed by atoms with van der Waals surface area (Å²) in [5.41, 5.74) is 2.50. The summed E-state index contributed by atoms with van der Waals surface area (Å²) in [5.74, 6) is 0. The lowest BCUT2D eigenvalue weighted by molar-refractivity contribution is 0.564. The molecule has 2 aromatic rings. The number of nitrogens with zero attached hydrogens (tertiary/aromatic N) is 2. The molecule has 0 aromatic carbocycles. The van der Waals surface area contributed by atoms with Gasteiger partial charge >= 0.3 is 0 Å². The van der Waals surface area contributed by atoms with Crippen LogP contribution in [0.25, 0.3) is 0 Å². The predicted molar refractivity (Wildman–Crippen MR) is 77.4 cm³/mol. The lowest BCUT2D eigenvalue weighted by Gasteiger charge is -2.12. The Kier molecular flexibility index (Phi) is 4.55. The second-order valence-corrected chi connectivity index (χ2v) is 5.59. The van der Waals surface area contributed by atoms with Crippen molar-refractivity contribution in [3.8, 4) is 0 Å². The van der Waals surface area contributed by atoms with Crippen molar-refractivity contribution < 1.29 is 0 Å². The van der Waals surface area contributed by atoms with E-state index in [1.807, 2.05) is 6.20 Å². The second kappa shape index (κ2) is 6.16. The Morgan fingerprint density at radius 1 is 1.39 bits per heavy atom. The maximum Gasteiger partial charge on any atom is 0.0489 e. The first kappa shape index (κ1) is 13.3. The van der Waals surface area contributed by atoms with Gasteiger partial charge in [-0.05, 0) is 39.7 Å². The molecule has 4 heteroatoms. The fourth-order valence-corrected chi connectivity index (χ4v) is 2.22. The van der Waals surface area contributed by atoms with Crippen LogP contribution in [-0.2, 0) is 13.1 Å². The highest BCUT2D eigenvalue weighted by molar-refractivity contribution is 9.10. The zero-order valence-corrected chi connectivity index (χ0v) is 12.3. The van der Waals surface area contributed by atoms with Gasteiger partial charge in [-0.25, -0.2) is 0 Å². The number of aromatic nitrogens is 2. The average Bonchev–Trinajstić information content (AvgIpc) is 2.74. The quantitative estimate of drug-likeness (QED) is 0.919. The predicted octanol–water partition coefficient (Wildman–Crippen LogP) is 3.19. The highest BCUT2D eigenvalue weighted by Crippen LogP contribution is 2.12. The standard InChI is InChI=1S/C14H18BrN3/c1-11(2)17-9-14-4-3-5-18(14)10-12-6-13(15)8-16-7-12/h3-8,11,17H,9-10H2,1-2H3. The number of halogens is 1. The number of rotatable bonds is 5. The number of nitrogens with one attached hydrogen (secondary N) is 1. The zero-order valence-electron chi connectivity index (χ0n) is 10.7. The van der Waals surface area contributed by atoms with Gasteiger partial charge in [0.25, 0.3) is 0 Å². The molecule has 0 aliphatic heterocycles. The fraction of sp³-hybridized carbons (Fsp3) is 0.357. The first-order valence-electron chi connectivity index (χ1n) is 6.12. The molecule has 0 spiro atoms. The molecule has 0 aliphatic rings. The molecule has 0 unspecified atom stereocenters. The lowest BCUT2D eigenvalue weighted by Crippen LogP contribution is -2.23. The molecular formula is C14H18BrN3. The van der Waals surface area contributed by atoms with Crippen LogP contribution in [0, 0.1) is 0 Å². The molecule has 2 heterocycles. The third kappa shape index (κ3) is 3.68. The summed E-state index contributed by atoms with van der Waals surface area (Å²) in [6.07, 6.45) is 5.82. The molecule has 0 radical (unpaired) electrons. The van der Waals surface area contributed by atoms with Gasteiger partial charge in [0.2, 0.25) is 0 Å². The molecule has 0 saturated heterocycles. The summed E-state index contributed by atoms with van der Waals surface area (Å²) < 4.78 is 3.27. The van der Waals surface area contributed by atoms with Gasteiger partial charge in [-0.1, -0.05) is 13.8 Å². The Morgan fingerprint density at radius 3 is 2.94 bits per heavy atom. The van der Waals surface area contributed by atoms with Crippen LogP contribution in [0.2, 0.25) is 0 Å². The van der Waals surface area contributed by atoms with Gasteiger partial charge in [0.15, 0.2) is 0 Å². The van der Waals surface area contributed by atoms with Crippen LogP contribution >= 0.6 is 15.9 Å². The van der Waals surface area contributed by atoms with Crippen molar-refractivity contribution >= 4 is 15.9 Å². The maximum absolute atomic E-state index is 4.19. The molecule has 1 N–H and O–H groups in total. The second-order valence-electron chi connectivity index (χ2n) is 4.67. The lowest BCUT2D eigenvalue weighted by atomic mass is 10.3. The minimum Gasteiger partial charge on any atom is -0.346 e. The van der Waals surface area contributed by atoms with Crippen LogP contribution in [-0.4, -0.2) is 15.6 Å². The SMILES string of the molecule is CC(C)NCc1cccn1Cc1cncc(Br)c1. The normalized spacial score (nSPS) is 11.1. The Balaban J connectivity index is 2.07. The minimum absolute atomic E-state index is 0.501. The summed E-state index contributed by atoms with van der Waals surface area (Å²) in [4.78, 5) is 4.19. The van der Waals surface area contributed by atoms with Crippen LogP contribution in [0.5, 0.6) is 0 Å². The van der Waals surface area contributed by atoms with Crippen molar-refractivity contribution in [2.75, 3.05) is 0 Å². The molecule has 2 rings (SSSR count). The van der Waals surface area contributed by atoms with E-state index in [2.05, 4.69) is 69.0 Å². The zero-order chi connectivity index (χ0) is 13.0. The largest absolute Gasteiger partial charge is 0.346 e. The van der Waals surface area contributed by atoms with E-state index in [1.54, 1.807) is 6.20 Å². The van der Waals surface area contributed by atoms with Gasteiger partial charge in [0.05, 0.1) is 0 Å². The van der Waals surface area contributed by atoms with E-state index in [0.29, 0.717) is 6.04 Å². The first-order chi connectivity index (χ1) is 8.65. The Hall–Kier alpha value is -1.13. The monoisotopic (exact) mass is 307 g/mol.